The van der Waals surface area contributed by atoms with Crippen LogP contribution in [-0.2, 0) is 9.53 Å². The molecule has 0 spiro atoms. The van der Waals surface area contributed by atoms with Gasteiger partial charge in [-0.25, -0.2) is 0 Å². The number of carbonyl (C=O) groups excluding carboxylic acids is 1. The maximum Gasteiger partial charge on any atom is 0.307 e. The molecule has 0 N–H and O–H groups in total. The molecule has 0 aliphatic carbocycles. The smallest absolute Gasteiger partial charge is 0.307 e. The molecule has 0 aliphatic rings. The Morgan fingerprint density at radius 2 is 2.00 bits per heavy atom. The average Bonchev–Trinajstić information content (AvgIpc) is 2.30. The summed E-state index contributed by atoms with van der Waals surface area (Å²) >= 11 is 11.9. The first-order valence-electron chi connectivity index (χ1n) is 5.72. The molecule has 0 aliphatic heterocycles. The van der Waals surface area contributed by atoms with Crippen LogP contribution in [-0.4, -0.2) is 31.6 Å². The van der Waals surface area contributed by atoms with E-state index in [9.17, 15) is 4.79 Å². The lowest BCUT2D eigenvalue weighted by molar-refractivity contribution is -0.144. The second-order valence-electron chi connectivity index (χ2n) is 4.16. The zero-order valence-electron chi connectivity index (χ0n) is 10.7. The number of rotatable bonds is 5. The maximum atomic E-state index is 11.6. The van der Waals surface area contributed by atoms with E-state index in [1.807, 2.05) is 25.1 Å². The molecule has 0 radical (unpaired) electrons. The molecular formula is C13H17Cl2NO2. The number of halogens is 2. The summed E-state index contributed by atoms with van der Waals surface area (Å²) in [6.07, 6.45) is 0.290. The van der Waals surface area contributed by atoms with Gasteiger partial charge in [0.1, 0.15) is 0 Å². The summed E-state index contributed by atoms with van der Waals surface area (Å²) in [5, 5.41) is 0.999. The van der Waals surface area contributed by atoms with E-state index in [0.29, 0.717) is 23.1 Å². The van der Waals surface area contributed by atoms with E-state index in [4.69, 9.17) is 27.9 Å². The highest BCUT2D eigenvalue weighted by Crippen LogP contribution is 2.29. The van der Waals surface area contributed by atoms with Crippen molar-refractivity contribution in [3.63, 3.8) is 0 Å². The quantitative estimate of drug-likeness (QED) is 0.777. The van der Waals surface area contributed by atoms with Gasteiger partial charge in [-0.1, -0.05) is 29.3 Å². The average molecular weight is 290 g/mol. The fraction of sp³-hybridized carbons (Fsp3) is 0.462. The highest BCUT2D eigenvalue weighted by molar-refractivity contribution is 6.42. The summed E-state index contributed by atoms with van der Waals surface area (Å²) in [7, 11) is 3.82. The maximum absolute atomic E-state index is 11.6. The van der Waals surface area contributed by atoms with Crippen LogP contribution in [0, 0.1) is 0 Å². The zero-order valence-corrected chi connectivity index (χ0v) is 12.3. The molecule has 1 unspecified atom stereocenters. The third-order valence-corrected chi connectivity index (χ3v) is 3.36. The monoisotopic (exact) mass is 289 g/mol. The van der Waals surface area contributed by atoms with Crippen molar-refractivity contribution in [2.24, 2.45) is 0 Å². The van der Waals surface area contributed by atoms with Crippen LogP contribution in [0.5, 0.6) is 0 Å². The van der Waals surface area contributed by atoms with Crippen molar-refractivity contribution in [3.8, 4) is 0 Å². The van der Waals surface area contributed by atoms with E-state index in [1.165, 1.54) is 0 Å². The highest BCUT2D eigenvalue weighted by atomic mass is 35.5. The molecule has 1 rings (SSSR count). The molecule has 0 amide bonds. The highest BCUT2D eigenvalue weighted by Gasteiger charge is 2.19. The lowest BCUT2D eigenvalue weighted by Gasteiger charge is -2.24. The topological polar surface area (TPSA) is 29.5 Å². The molecule has 3 nitrogen and oxygen atoms in total. The molecular weight excluding hydrogens is 273 g/mol. The predicted molar refractivity (Wildman–Crippen MR) is 74.1 cm³/mol. The lowest BCUT2D eigenvalue weighted by Crippen LogP contribution is -2.23. The van der Waals surface area contributed by atoms with Crippen LogP contribution in [0.25, 0.3) is 0 Å². The first kappa shape index (κ1) is 15.3. The number of hydrogen-bond donors (Lipinski definition) is 0. The minimum atomic E-state index is -0.220. The Morgan fingerprint density at radius 1 is 1.33 bits per heavy atom. The molecule has 1 aromatic rings. The normalized spacial score (nSPS) is 12.6. The first-order valence-corrected chi connectivity index (χ1v) is 6.48. The van der Waals surface area contributed by atoms with Crippen molar-refractivity contribution in [1.29, 1.82) is 0 Å². The number of benzene rings is 1. The second kappa shape index (κ2) is 6.98. The Morgan fingerprint density at radius 3 is 2.50 bits per heavy atom. The number of ether oxygens (including phenoxy) is 1. The third-order valence-electron chi connectivity index (χ3n) is 2.62. The van der Waals surface area contributed by atoms with E-state index in [2.05, 4.69) is 0 Å². The van der Waals surface area contributed by atoms with Gasteiger partial charge in [0.2, 0.25) is 0 Å². The van der Waals surface area contributed by atoms with Crippen molar-refractivity contribution in [2.75, 3.05) is 20.7 Å². The van der Waals surface area contributed by atoms with Gasteiger partial charge in [0.05, 0.1) is 23.1 Å². The van der Waals surface area contributed by atoms with E-state index in [0.717, 1.165) is 5.56 Å². The summed E-state index contributed by atoms with van der Waals surface area (Å²) in [6, 6.07) is 5.33. The summed E-state index contributed by atoms with van der Waals surface area (Å²) in [5.74, 6) is -0.220. The molecule has 0 fully saturated rings. The second-order valence-corrected chi connectivity index (χ2v) is 4.98. The number of nitrogens with zero attached hydrogens (tertiary/aromatic N) is 1. The predicted octanol–water partition coefficient (Wildman–Crippen LogP) is 3.55. The van der Waals surface area contributed by atoms with E-state index >= 15 is 0 Å². The third kappa shape index (κ3) is 4.16. The largest absolute Gasteiger partial charge is 0.466 e. The first-order chi connectivity index (χ1) is 8.45. The SMILES string of the molecule is CCOC(=O)CC(c1ccc(Cl)c(Cl)c1)N(C)C. The Labute approximate surface area is 118 Å². The van der Waals surface area contributed by atoms with E-state index < -0.39 is 0 Å². The van der Waals surface area contributed by atoms with Crippen LogP contribution in [0.2, 0.25) is 10.0 Å². The van der Waals surface area contributed by atoms with Gasteiger partial charge in [0.15, 0.2) is 0 Å². The van der Waals surface area contributed by atoms with Crippen molar-refractivity contribution < 1.29 is 9.53 Å². The van der Waals surface area contributed by atoms with E-state index in [1.54, 1.807) is 19.1 Å². The standard InChI is InChI=1S/C13H17Cl2NO2/c1-4-18-13(17)8-12(16(2)3)9-5-6-10(14)11(15)7-9/h5-7,12H,4,8H2,1-3H3. The summed E-state index contributed by atoms with van der Waals surface area (Å²) < 4.78 is 4.97. The van der Waals surface area contributed by atoms with Crippen LogP contribution < -0.4 is 0 Å². The van der Waals surface area contributed by atoms with Crippen molar-refractivity contribution >= 4 is 29.2 Å². The zero-order chi connectivity index (χ0) is 13.7. The van der Waals surface area contributed by atoms with Gasteiger partial charge in [-0.15, -0.1) is 0 Å². The Hall–Kier alpha value is -0.770. The molecule has 0 heterocycles. The minimum absolute atomic E-state index is 0.0705. The van der Waals surface area contributed by atoms with Crippen LogP contribution >= 0.6 is 23.2 Å². The fourth-order valence-corrected chi connectivity index (χ4v) is 2.00. The summed E-state index contributed by atoms with van der Waals surface area (Å²) in [6.45, 7) is 2.18. The van der Waals surface area contributed by atoms with Gasteiger partial charge >= 0.3 is 5.97 Å². The molecule has 100 valence electrons. The van der Waals surface area contributed by atoms with Crippen LogP contribution in [0.3, 0.4) is 0 Å². The van der Waals surface area contributed by atoms with Gasteiger partial charge in [0, 0.05) is 6.04 Å². The van der Waals surface area contributed by atoms with Crippen LogP contribution in [0.1, 0.15) is 24.9 Å². The van der Waals surface area contributed by atoms with Gasteiger partial charge in [-0.3, -0.25) is 4.79 Å². The number of carbonyl (C=O) groups is 1. The number of hydrogen-bond acceptors (Lipinski definition) is 3. The molecule has 1 aromatic carbocycles. The van der Waals surface area contributed by atoms with E-state index in [-0.39, 0.29) is 12.0 Å². The lowest BCUT2D eigenvalue weighted by atomic mass is 10.0. The molecule has 0 aromatic heterocycles. The Balaban J connectivity index is 2.90. The van der Waals surface area contributed by atoms with Gasteiger partial charge in [0.25, 0.3) is 0 Å². The van der Waals surface area contributed by atoms with Gasteiger partial charge in [-0.05, 0) is 38.7 Å². The molecule has 0 bridgehead atoms. The Bertz CT molecular complexity index is 421. The van der Waals surface area contributed by atoms with Gasteiger partial charge in [-0.2, -0.15) is 0 Å². The van der Waals surface area contributed by atoms with Crippen molar-refractivity contribution in [2.45, 2.75) is 19.4 Å². The van der Waals surface area contributed by atoms with Crippen LogP contribution in [0.15, 0.2) is 18.2 Å². The van der Waals surface area contributed by atoms with Crippen molar-refractivity contribution in [3.05, 3.63) is 33.8 Å². The number of esters is 1. The molecule has 18 heavy (non-hydrogen) atoms. The summed E-state index contributed by atoms with van der Waals surface area (Å²) in [5.41, 5.74) is 0.947. The summed E-state index contributed by atoms with van der Waals surface area (Å²) in [4.78, 5) is 13.5. The molecule has 1 atom stereocenters. The van der Waals surface area contributed by atoms with Crippen LogP contribution in [0.4, 0.5) is 0 Å². The van der Waals surface area contributed by atoms with Gasteiger partial charge < -0.3 is 9.64 Å². The van der Waals surface area contributed by atoms with Crippen molar-refractivity contribution in [1.82, 2.24) is 4.90 Å². The molecule has 0 saturated carbocycles. The fourth-order valence-electron chi connectivity index (χ4n) is 1.70. The Kier molecular flexibility index (Phi) is 5.93. The minimum Gasteiger partial charge on any atom is -0.466 e. The molecule has 5 heteroatoms. The molecule has 0 saturated heterocycles.